The van der Waals surface area contributed by atoms with Crippen molar-refractivity contribution in [1.82, 2.24) is 9.21 Å². The molecule has 0 unspecified atom stereocenters. The summed E-state index contributed by atoms with van der Waals surface area (Å²) in [7, 11) is -1.32. The Bertz CT molecular complexity index is 1090. The summed E-state index contributed by atoms with van der Waals surface area (Å²) in [6, 6.07) is 12.5. The van der Waals surface area contributed by atoms with Crippen LogP contribution in [0.4, 0.5) is 0 Å². The molecule has 0 aromatic heterocycles. The Labute approximate surface area is 193 Å². The van der Waals surface area contributed by atoms with E-state index in [1.165, 1.54) is 37.3 Å². The van der Waals surface area contributed by atoms with E-state index in [0.717, 1.165) is 16.3 Å². The molecule has 1 heterocycles. The van der Waals surface area contributed by atoms with E-state index in [4.69, 9.17) is 9.47 Å². The Balaban J connectivity index is 1.70. The van der Waals surface area contributed by atoms with E-state index in [1.807, 2.05) is 30.3 Å². The lowest BCUT2D eigenvalue weighted by atomic mass is 10.1. The molecule has 1 aliphatic heterocycles. The van der Waals surface area contributed by atoms with Gasteiger partial charge in [-0.3, -0.25) is 9.59 Å². The second kappa shape index (κ2) is 10.7. The zero-order chi connectivity index (χ0) is 24.0. The third-order valence-corrected chi connectivity index (χ3v) is 7.53. The van der Waals surface area contributed by atoms with Crippen LogP contribution in [0.1, 0.15) is 18.4 Å². The van der Waals surface area contributed by atoms with Crippen molar-refractivity contribution in [2.45, 2.75) is 30.2 Å². The molecule has 2 aromatic carbocycles. The molecule has 178 valence electrons. The Morgan fingerprint density at radius 1 is 1.03 bits per heavy atom. The van der Waals surface area contributed by atoms with Crippen LogP contribution in [-0.2, 0) is 26.0 Å². The number of aliphatic carboxylic acids is 1. The van der Waals surface area contributed by atoms with Gasteiger partial charge >= 0.3 is 5.97 Å². The average molecular weight is 477 g/mol. The molecule has 0 saturated carbocycles. The van der Waals surface area contributed by atoms with E-state index in [9.17, 15) is 23.1 Å². The van der Waals surface area contributed by atoms with Crippen molar-refractivity contribution in [3.8, 4) is 11.5 Å². The first-order valence-corrected chi connectivity index (χ1v) is 12.0. The lowest BCUT2D eigenvalue weighted by Crippen LogP contribution is -2.59. The zero-order valence-electron chi connectivity index (χ0n) is 18.6. The quantitative estimate of drug-likeness (QED) is 0.589. The highest BCUT2D eigenvalue weighted by molar-refractivity contribution is 7.89. The first-order chi connectivity index (χ1) is 15.8. The maximum absolute atomic E-state index is 13.2. The number of hydrogen-bond donors (Lipinski definition) is 1. The van der Waals surface area contributed by atoms with Crippen LogP contribution in [0, 0.1) is 0 Å². The summed E-state index contributed by atoms with van der Waals surface area (Å²) in [5.74, 6) is -0.906. The maximum atomic E-state index is 13.2. The fourth-order valence-electron chi connectivity index (χ4n) is 3.84. The number of carbonyl (C=O) groups is 2. The molecule has 1 aliphatic rings. The Kier molecular flexibility index (Phi) is 7.93. The van der Waals surface area contributed by atoms with Gasteiger partial charge in [-0.15, -0.1) is 0 Å². The summed E-state index contributed by atoms with van der Waals surface area (Å²) in [5.41, 5.74) is 1.12. The Hall–Kier alpha value is -3.11. The number of ether oxygens (including phenoxy) is 2. The molecular formula is C23H28N2O7S. The topological polar surface area (TPSA) is 113 Å². The molecule has 1 fully saturated rings. The number of rotatable bonds is 9. The lowest BCUT2D eigenvalue weighted by molar-refractivity contribution is -0.145. The molecule has 1 N–H and O–H groups in total. The first-order valence-electron chi connectivity index (χ1n) is 10.6. The smallest absolute Gasteiger partial charge is 0.323 e. The lowest BCUT2D eigenvalue weighted by Gasteiger charge is -2.38. The van der Waals surface area contributed by atoms with Crippen LogP contribution in [0.2, 0.25) is 0 Å². The molecule has 9 nitrogen and oxygen atoms in total. The van der Waals surface area contributed by atoms with Crippen molar-refractivity contribution in [2.75, 3.05) is 33.9 Å². The third-order valence-electron chi connectivity index (χ3n) is 5.63. The second-order valence-electron chi connectivity index (χ2n) is 7.67. The molecule has 33 heavy (non-hydrogen) atoms. The molecule has 2 aromatic rings. The van der Waals surface area contributed by atoms with Crippen LogP contribution in [0.15, 0.2) is 53.4 Å². The minimum absolute atomic E-state index is 0.103. The maximum Gasteiger partial charge on any atom is 0.323 e. The van der Waals surface area contributed by atoms with Crippen molar-refractivity contribution in [3.63, 3.8) is 0 Å². The number of carbonyl (C=O) groups excluding carboxylic acids is 1. The normalized spacial score (nSPS) is 16.9. The van der Waals surface area contributed by atoms with E-state index in [2.05, 4.69) is 0 Å². The number of piperazine rings is 1. The van der Waals surface area contributed by atoms with Gasteiger partial charge in [-0.1, -0.05) is 30.3 Å². The summed E-state index contributed by atoms with van der Waals surface area (Å²) in [5, 5.41) is 9.74. The molecule has 0 radical (unpaired) electrons. The molecule has 1 amide bonds. The molecule has 1 saturated heterocycles. The van der Waals surface area contributed by atoms with E-state index in [1.54, 1.807) is 0 Å². The number of hydrogen-bond acceptors (Lipinski definition) is 6. The number of aryl methyl sites for hydroxylation is 1. The highest BCUT2D eigenvalue weighted by Gasteiger charge is 2.41. The van der Waals surface area contributed by atoms with Gasteiger partial charge in [-0.2, -0.15) is 4.31 Å². The monoisotopic (exact) mass is 476 g/mol. The summed E-state index contributed by atoms with van der Waals surface area (Å²) in [6.45, 7) is -0.190. The number of methoxy groups -OCH3 is 2. The number of carboxylic acid groups (broad SMARTS) is 1. The highest BCUT2D eigenvalue weighted by atomic mass is 32.2. The number of carboxylic acids is 1. The number of nitrogens with zero attached hydrogens (tertiary/aromatic N) is 2. The fraction of sp³-hybridized carbons (Fsp3) is 0.391. The van der Waals surface area contributed by atoms with Crippen LogP contribution in [0.5, 0.6) is 11.5 Å². The highest BCUT2D eigenvalue weighted by Crippen LogP contribution is 2.31. The van der Waals surface area contributed by atoms with Crippen LogP contribution in [-0.4, -0.2) is 74.5 Å². The molecule has 10 heteroatoms. The van der Waals surface area contributed by atoms with Gasteiger partial charge in [0.2, 0.25) is 15.9 Å². The van der Waals surface area contributed by atoms with Crippen molar-refractivity contribution < 1.29 is 32.6 Å². The van der Waals surface area contributed by atoms with Gasteiger partial charge in [0.25, 0.3) is 0 Å². The minimum atomic E-state index is -4.14. The van der Waals surface area contributed by atoms with E-state index in [0.29, 0.717) is 12.2 Å². The SMILES string of the molecule is COc1ccc(S(=O)(=O)N2CCN(C(=O)CCCc3ccccc3)C[C@H]2C(=O)O)cc1OC. The number of benzene rings is 2. The fourth-order valence-corrected chi connectivity index (χ4v) is 5.42. The van der Waals surface area contributed by atoms with Gasteiger partial charge in [0, 0.05) is 32.1 Å². The average Bonchev–Trinajstić information content (AvgIpc) is 2.83. The third kappa shape index (κ3) is 5.63. The van der Waals surface area contributed by atoms with Crippen molar-refractivity contribution in [1.29, 1.82) is 0 Å². The summed E-state index contributed by atoms with van der Waals surface area (Å²) < 4.78 is 37.7. The standard InChI is InChI=1S/C23H28N2O7S/c1-31-20-12-11-18(15-21(20)32-2)33(29,30)25-14-13-24(16-19(25)23(27)28)22(26)10-6-9-17-7-4-3-5-8-17/h3-5,7-8,11-12,15,19H,6,9-10,13-14,16H2,1-2H3,(H,27,28)/t19-/m0/s1. The van der Waals surface area contributed by atoms with Gasteiger partial charge in [-0.05, 0) is 30.5 Å². The van der Waals surface area contributed by atoms with Crippen molar-refractivity contribution in [3.05, 3.63) is 54.1 Å². The summed E-state index contributed by atoms with van der Waals surface area (Å²) in [6.07, 6.45) is 1.64. The van der Waals surface area contributed by atoms with Crippen LogP contribution in [0.3, 0.4) is 0 Å². The molecular weight excluding hydrogens is 448 g/mol. The molecule has 3 rings (SSSR count). The van der Waals surface area contributed by atoms with Crippen LogP contribution < -0.4 is 9.47 Å². The Morgan fingerprint density at radius 3 is 2.36 bits per heavy atom. The Morgan fingerprint density at radius 2 is 1.73 bits per heavy atom. The zero-order valence-corrected chi connectivity index (χ0v) is 19.5. The summed E-state index contributed by atoms with van der Waals surface area (Å²) in [4.78, 5) is 25.9. The van der Waals surface area contributed by atoms with Crippen LogP contribution >= 0.6 is 0 Å². The molecule has 0 spiro atoms. The summed E-state index contributed by atoms with van der Waals surface area (Å²) >= 11 is 0. The molecule has 1 atom stereocenters. The van der Waals surface area contributed by atoms with Crippen molar-refractivity contribution >= 4 is 21.9 Å². The molecule has 0 aliphatic carbocycles. The second-order valence-corrected chi connectivity index (χ2v) is 9.56. The van der Waals surface area contributed by atoms with Gasteiger partial charge < -0.3 is 19.5 Å². The van der Waals surface area contributed by atoms with Gasteiger partial charge in [0.15, 0.2) is 11.5 Å². The number of amides is 1. The first kappa shape index (κ1) is 24.5. The van der Waals surface area contributed by atoms with E-state index >= 15 is 0 Å². The largest absolute Gasteiger partial charge is 0.493 e. The predicted octanol–water partition coefficient (Wildman–Crippen LogP) is 2.01. The number of sulfonamides is 1. The molecule has 0 bridgehead atoms. The van der Waals surface area contributed by atoms with Gasteiger partial charge in [-0.25, -0.2) is 8.42 Å². The van der Waals surface area contributed by atoms with Gasteiger partial charge in [0.1, 0.15) is 6.04 Å². The van der Waals surface area contributed by atoms with Crippen molar-refractivity contribution in [2.24, 2.45) is 0 Å². The predicted molar refractivity (Wildman–Crippen MR) is 121 cm³/mol. The van der Waals surface area contributed by atoms with Crippen LogP contribution in [0.25, 0.3) is 0 Å². The van der Waals surface area contributed by atoms with E-state index < -0.39 is 22.0 Å². The van der Waals surface area contributed by atoms with Gasteiger partial charge in [0.05, 0.1) is 19.1 Å². The minimum Gasteiger partial charge on any atom is -0.493 e. The van der Waals surface area contributed by atoms with E-state index in [-0.39, 0.29) is 42.6 Å².